The van der Waals surface area contributed by atoms with Crippen LogP contribution in [0.2, 0.25) is 0 Å². The van der Waals surface area contributed by atoms with Gasteiger partial charge in [0.2, 0.25) is 5.95 Å². The molecule has 0 fully saturated rings. The molecule has 3 aromatic heterocycles. The zero-order valence-electron chi connectivity index (χ0n) is 30.3. The second-order valence-electron chi connectivity index (χ2n) is 14.7. The van der Waals surface area contributed by atoms with Crippen molar-refractivity contribution in [2.45, 2.75) is 0 Å². The van der Waals surface area contributed by atoms with Crippen LogP contribution in [0.4, 0.5) is 0 Å². The molecule has 12 rings (SSSR count). The number of aromatic nitrogens is 4. The van der Waals surface area contributed by atoms with E-state index in [9.17, 15) is 0 Å². The average molecular weight is 713 g/mol. The molecule has 0 amide bonds. The molecule has 56 heavy (non-hydrogen) atoms. The van der Waals surface area contributed by atoms with Crippen LogP contribution in [0.25, 0.3) is 110 Å². The molecule has 4 heteroatoms. The van der Waals surface area contributed by atoms with Crippen LogP contribution in [0, 0.1) is 0 Å². The van der Waals surface area contributed by atoms with Crippen LogP contribution in [0.15, 0.2) is 194 Å². The summed E-state index contributed by atoms with van der Waals surface area (Å²) in [6.45, 7) is 0. The van der Waals surface area contributed by atoms with Gasteiger partial charge in [0.05, 0.1) is 33.5 Å². The minimum Gasteiger partial charge on any atom is -0.309 e. The van der Waals surface area contributed by atoms with E-state index in [1.54, 1.807) is 0 Å². The smallest absolute Gasteiger partial charge is 0.235 e. The highest BCUT2D eigenvalue weighted by molar-refractivity contribution is 6.26. The van der Waals surface area contributed by atoms with E-state index in [-0.39, 0.29) is 0 Å². The van der Waals surface area contributed by atoms with Crippen molar-refractivity contribution >= 4 is 75.9 Å². The van der Waals surface area contributed by atoms with Gasteiger partial charge in [-0.1, -0.05) is 146 Å². The number of para-hydroxylation sites is 2. The van der Waals surface area contributed by atoms with Crippen molar-refractivity contribution in [3.63, 3.8) is 0 Å². The molecule has 3 heterocycles. The third-order valence-electron chi connectivity index (χ3n) is 11.5. The number of benzene rings is 9. The molecule has 0 aliphatic rings. The quantitative estimate of drug-likeness (QED) is 0.182. The van der Waals surface area contributed by atoms with Crippen LogP contribution in [-0.2, 0) is 0 Å². The van der Waals surface area contributed by atoms with E-state index in [2.05, 4.69) is 203 Å². The van der Waals surface area contributed by atoms with Gasteiger partial charge in [0.25, 0.3) is 0 Å². The lowest BCUT2D eigenvalue weighted by atomic mass is 10.0. The first-order chi connectivity index (χ1) is 27.7. The van der Waals surface area contributed by atoms with E-state index < -0.39 is 0 Å². The molecular formula is C52H32N4. The molecule has 0 atom stereocenters. The summed E-state index contributed by atoms with van der Waals surface area (Å²) < 4.78 is 4.71. The summed E-state index contributed by atoms with van der Waals surface area (Å²) in [6.07, 6.45) is 0. The van der Waals surface area contributed by atoms with Crippen molar-refractivity contribution in [1.82, 2.24) is 19.1 Å². The lowest BCUT2D eigenvalue weighted by Crippen LogP contribution is -2.04. The maximum Gasteiger partial charge on any atom is 0.235 e. The van der Waals surface area contributed by atoms with Crippen LogP contribution >= 0.6 is 0 Å². The van der Waals surface area contributed by atoms with Crippen LogP contribution in [-0.4, -0.2) is 19.1 Å². The average Bonchev–Trinajstić information content (AvgIpc) is 3.79. The predicted molar refractivity (Wildman–Crippen MR) is 234 cm³/mol. The van der Waals surface area contributed by atoms with Gasteiger partial charge in [0, 0.05) is 38.4 Å². The number of nitrogens with zero attached hydrogens (tertiary/aromatic N) is 4. The lowest BCUT2D eigenvalue weighted by molar-refractivity contribution is 0.998. The normalized spacial score (nSPS) is 11.9. The molecule has 0 radical (unpaired) electrons. The number of fused-ring (bicyclic) bond motifs is 10. The Kier molecular flexibility index (Phi) is 6.60. The standard InChI is InChI=1S/C52H32N4/c1-4-14-36-29-39(23-21-33(36)11-1)45-32-46(40-24-22-34-12-2-5-15-37(34)30-40)54-52(53-45)56-47-19-9-7-17-42(47)43-27-28-49-50(51(43)56)44-18-8-10-20-48(44)55(49)41-26-25-35-13-3-6-16-38(35)31-41/h1-32H. The first-order valence-corrected chi connectivity index (χ1v) is 19.1. The molecule has 0 saturated carbocycles. The summed E-state index contributed by atoms with van der Waals surface area (Å²) in [5, 5.41) is 11.9. The largest absolute Gasteiger partial charge is 0.309 e. The summed E-state index contributed by atoms with van der Waals surface area (Å²) in [7, 11) is 0. The minimum atomic E-state index is 0.639. The van der Waals surface area contributed by atoms with Crippen molar-refractivity contribution in [1.29, 1.82) is 0 Å². The molecule has 0 bridgehead atoms. The van der Waals surface area contributed by atoms with E-state index in [0.29, 0.717) is 5.95 Å². The zero-order valence-corrected chi connectivity index (χ0v) is 30.3. The SMILES string of the molecule is c1ccc2cc(-c3cc(-c4ccc5ccccc5c4)nc(-n4c5ccccc5c5ccc6c(c7ccccc7n6-c6ccc7ccccc7c6)c54)n3)ccc2c1. The first-order valence-electron chi connectivity index (χ1n) is 19.1. The predicted octanol–water partition coefficient (Wildman–Crippen LogP) is 13.5. The maximum absolute atomic E-state index is 5.47. The fraction of sp³-hybridized carbons (Fsp3) is 0. The molecule has 0 aliphatic heterocycles. The highest BCUT2D eigenvalue weighted by atomic mass is 15.2. The van der Waals surface area contributed by atoms with Gasteiger partial charge in [-0.3, -0.25) is 4.57 Å². The second-order valence-corrected chi connectivity index (χ2v) is 14.7. The van der Waals surface area contributed by atoms with Crippen molar-refractivity contribution in [3.8, 4) is 34.2 Å². The molecular weight excluding hydrogens is 681 g/mol. The molecule has 9 aromatic carbocycles. The van der Waals surface area contributed by atoms with Gasteiger partial charge < -0.3 is 4.57 Å². The fourth-order valence-electron chi connectivity index (χ4n) is 8.84. The minimum absolute atomic E-state index is 0.639. The monoisotopic (exact) mass is 712 g/mol. The molecule has 0 N–H and O–H groups in total. The summed E-state index contributed by atoms with van der Waals surface area (Å²) in [4.78, 5) is 10.9. The summed E-state index contributed by atoms with van der Waals surface area (Å²) in [5.74, 6) is 0.639. The molecule has 0 unspecified atom stereocenters. The Hall–Kier alpha value is -7.56. The number of hydrogen-bond acceptors (Lipinski definition) is 2. The van der Waals surface area contributed by atoms with E-state index in [4.69, 9.17) is 9.97 Å². The van der Waals surface area contributed by atoms with Gasteiger partial charge in [-0.25, -0.2) is 9.97 Å². The third kappa shape index (κ3) is 4.66. The van der Waals surface area contributed by atoms with Crippen LogP contribution in [0.3, 0.4) is 0 Å². The van der Waals surface area contributed by atoms with Gasteiger partial charge in [-0.15, -0.1) is 0 Å². The van der Waals surface area contributed by atoms with Gasteiger partial charge in [-0.2, -0.15) is 0 Å². The Morgan fingerprint density at radius 2 is 0.821 bits per heavy atom. The van der Waals surface area contributed by atoms with Gasteiger partial charge in [0.15, 0.2) is 0 Å². The summed E-state index contributed by atoms with van der Waals surface area (Å²) in [6, 6.07) is 69.7. The van der Waals surface area contributed by atoms with Gasteiger partial charge >= 0.3 is 0 Å². The highest BCUT2D eigenvalue weighted by Gasteiger charge is 2.23. The zero-order chi connectivity index (χ0) is 36.7. The molecule has 12 aromatic rings. The van der Waals surface area contributed by atoms with E-state index in [1.807, 2.05) is 0 Å². The summed E-state index contributed by atoms with van der Waals surface area (Å²) >= 11 is 0. The van der Waals surface area contributed by atoms with Crippen molar-refractivity contribution in [2.24, 2.45) is 0 Å². The molecule has 0 saturated heterocycles. The van der Waals surface area contributed by atoms with Crippen molar-refractivity contribution < 1.29 is 0 Å². The summed E-state index contributed by atoms with van der Waals surface area (Å²) in [5.41, 5.74) is 9.44. The van der Waals surface area contributed by atoms with Gasteiger partial charge in [0.1, 0.15) is 0 Å². The van der Waals surface area contributed by atoms with Crippen LogP contribution < -0.4 is 0 Å². The second kappa shape index (κ2) is 12.0. The first kappa shape index (κ1) is 30.9. The van der Waals surface area contributed by atoms with Crippen LogP contribution in [0.5, 0.6) is 0 Å². The highest BCUT2D eigenvalue weighted by Crippen LogP contribution is 2.42. The van der Waals surface area contributed by atoms with Gasteiger partial charge in [-0.05, 0) is 80.8 Å². The Bertz CT molecular complexity index is 3450. The Morgan fingerprint density at radius 3 is 1.45 bits per heavy atom. The Labute approximate surface area is 322 Å². The van der Waals surface area contributed by atoms with Crippen molar-refractivity contribution in [2.75, 3.05) is 0 Å². The van der Waals surface area contributed by atoms with Crippen LogP contribution in [0.1, 0.15) is 0 Å². The van der Waals surface area contributed by atoms with E-state index in [1.165, 1.54) is 53.9 Å². The lowest BCUT2D eigenvalue weighted by Gasteiger charge is -2.13. The molecule has 260 valence electrons. The fourth-order valence-corrected chi connectivity index (χ4v) is 8.84. The maximum atomic E-state index is 5.47. The topological polar surface area (TPSA) is 35.6 Å². The molecule has 4 nitrogen and oxygen atoms in total. The Morgan fingerprint density at radius 1 is 0.321 bits per heavy atom. The van der Waals surface area contributed by atoms with E-state index in [0.717, 1.165) is 50.3 Å². The molecule has 0 spiro atoms. The van der Waals surface area contributed by atoms with E-state index >= 15 is 0 Å². The third-order valence-corrected chi connectivity index (χ3v) is 11.5. The number of rotatable bonds is 4. The number of hydrogen-bond donors (Lipinski definition) is 0. The molecule has 0 aliphatic carbocycles. The Balaban J connectivity index is 1.19. The van der Waals surface area contributed by atoms with Crippen molar-refractivity contribution in [3.05, 3.63) is 194 Å².